The lowest BCUT2D eigenvalue weighted by atomic mass is 10.0. The Labute approximate surface area is 452 Å². The van der Waals surface area contributed by atoms with Crippen molar-refractivity contribution < 1.29 is 42.5 Å². The number of methoxy groups -OCH3 is 1. The fraction of sp³-hybridized carbons (Fsp3) is 0.471. The number of nitrogens with one attached hydrogen (secondary N) is 2. The molecular formula is C51H64Cl5FN8O8. The van der Waals surface area contributed by atoms with E-state index in [2.05, 4.69) is 38.6 Å². The average molecular weight is 1110 g/mol. The van der Waals surface area contributed by atoms with Crippen LogP contribution in [0.5, 0.6) is 11.5 Å². The third kappa shape index (κ3) is 16.7. The van der Waals surface area contributed by atoms with Crippen molar-refractivity contribution in [3.63, 3.8) is 0 Å². The number of anilines is 5. The summed E-state index contributed by atoms with van der Waals surface area (Å²) >= 11 is 28.8. The molecule has 4 amide bonds. The predicted octanol–water partition coefficient (Wildman–Crippen LogP) is 12.1. The van der Waals surface area contributed by atoms with E-state index in [9.17, 15) is 23.6 Å². The molecule has 73 heavy (non-hydrogen) atoms. The minimum absolute atomic E-state index is 0.00962. The zero-order chi connectivity index (χ0) is 54.1. The zero-order valence-corrected chi connectivity index (χ0v) is 46.4. The molecule has 3 heterocycles. The lowest BCUT2D eigenvalue weighted by molar-refractivity contribution is -0.118. The molecule has 7 rings (SSSR count). The van der Waals surface area contributed by atoms with Gasteiger partial charge in [-0.05, 0) is 134 Å². The van der Waals surface area contributed by atoms with Crippen molar-refractivity contribution in [1.82, 2.24) is 15.0 Å². The molecule has 3 aliphatic rings. The van der Waals surface area contributed by atoms with Crippen molar-refractivity contribution in [1.29, 1.82) is 0 Å². The number of alkyl halides is 3. The van der Waals surface area contributed by atoms with E-state index in [1.165, 1.54) is 6.07 Å². The number of carbonyl (C=O) groups excluding carboxylic acids is 4. The van der Waals surface area contributed by atoms with Crippen molar-refractivity contribution in [3.05, 3.63) is 93.2 Å². The summed E-state index contributed by atoms with van der Waals surface area (Å²) in [6.07, 6.45) is 3.88. The van der Waals surface area contributed by atoms with Crippen molar-refractivity contribution in [2.24, 2.45) is 0 Å². The van der Waals surface area contributed by atoms with Crippen LogP contribution in [0, 0.1) is 12.7 Å². The van der Waals surface area contributed by atoms with E-state index in [0.29, 0.717) is 41.3 Å². The number of carbonyl (C=O) groups is 4. The number of aromatic nitrogens is 3. The summed E-state index contributed by atoms with van der Waals surface area (Å²) in [7, 11) is 1.64. The van der Waals surface area contributed by atoms with Crippen molar-refractivity contribution in [3.8, 4) is 11.5 Å². The van der Waals surface area contributed by atoms with Gasteiger partial charge in [0.1, 0.15) is 29.8 Å². The monoisotopic (exact) mass is 1110 g/mol. The summed E-state index contributed by atoms with van der Waals surface area (Å²) in [5.74, 6) is -0.0757. The molecule has 398 valence electrons. The second-order valence-electron chi connectivity index (χ2n) is 17.5. The van der Waals surface area contributed by atoms with Gasteiger partial charge in [-0.15, -0.1) is 11.6 Å². The number of benzene rings is 3. The summed E-state index contributed by atoms with van der Waals surface area (Å²) in [5, 5.41) is 6.33. The molecule has 1 aromatic heterocycles. The van der Waals surface area contributed by atoms with Gasteiger partial charge in [-0.1, -0.05) is 72.1 Å². The number of aryl methyl sites for hydroxylation is 2. The second-order valence-corrected chi connectivity index (χ2v) is 19.6. The highest BCUT2D eigenvalue weighted by Gasteiger charge is 2.40. The SMILES string of the molecule is CC(C)=C1OC(=O)N(c2cc(OC3CCCC3)c(Cl)cc2F)C1=O.CC1COc2ccccc2N1C(=O)C(Cl)Cl.CCNc1nc(Cl)nc(NC(C)C)n1.CCc1cccc(C)c1N(C(=O)CCl)C(C)COC. The molecule has 2 unspecified atom stereocenters. The van der Waals surface area contributed by atoms with Crippen LogP contribution < -0.4 is 34.8 Å². The number of cyclic esters (lactones) is 1. The van der Waals surface area contributed by atoms with Crippen molar-refractivity contribution in [2.75, 3.05) is 58.1 Å². The molecule has 0 spiro atoms. The summed E-state index contributed by atoms with van der Waals surface area (Å²) in [4.78, 5) is 63.4. The number of allylic oxidation sites excluding steroid dienone is 1. The first-order chi connectivity index (χ1) is 34.7. The van der Waals surface area contributed by atoms with Gasteiger partial charge in [0.05, 0.1) is 46.9 Å². The first-order valence-electron chi connectivity index (χ1n) is 23.8. The van der Waals surface area contributed by atoms with Crippen LogP contribution in [0.2, 0.25) is 10.3 Å². The van der Waals surface area contributed by atoms with Crippen LogP contribution in [-0.4, -0.2) is 101 Å². The van der Waals surface area contributed by atoms with Crippen molar-refractivity contribution >= 4 is 111 Å². The summed E-state index contributed by atoms with van der Waals surface area (Å²) in [6.45, 7) is 18.9. The maximum atomic E-state index is 14.3. The molecule has 1 saturated carbocycles. The Hall–Kier alpha value is -5.17. The number of amides is 4. The van der Waals surface area contributed by atoms with Gasteiger partial charge in [-0.25, -0.2) is 14.1 Å². The van der Waals surface area contributed by atoms with E-state index in [-0.39, 0.29) is 69.4 Å². The van der Waals surface area contributed by atoms with Gasteiger partial charge in [0.25, 0.3) is 5.91 Å². The third-order valence-electron chi connectivity index (χ3n) is 11.1. The molecule has 22 heteroatoms. The molecule has 0 radical (unpaired) electrons. The number of rotatable bonds is 14. The molecule has 1 saturated heterocycles. The van der Waals surface area contributed by atoms with E-state index < -0.39 is 22.7 Å². The normalized spacial score (nSPS) is 15.4. The molecule has 2 atom stereocenters. The topological polar surface area (TPSA) is 178 Å². The fourth-order valence-electron chi connectivity index (χ4n) is 7.82. The molecule has 2 aliphatic heterocycles. The average Bonchev–Trinajstić information content (AvgIpc) is 3.97. The number of para-hydroxylation sites is 3. The number of hydrogen-bond donors (Lipinski definition) is 2. The second kappa shape index (κ2) is 29.1. The first-order valence-corrected chi connectivity index (χ1v) is 25.9. The number of hydrogen-bond acceptors (Lipinski definition) is 13. The number of nitrogens with zero attached hydrogens (tertiary/aromatic N) is 6. The number of fused-ring (bicyclic) bond motifs is 1. The van der Waals surface area contributed by atoms with Crippen LogP contribution in [0.3, 0.4) is 0 Å². The Bertz CT molecular complexity index is 2570. The van der Waals surface area contributed by atoms with Gasteiger partial charge in [0.15, 0.2) is 10.6 Å². The van der Waals surface area contributed by atoms with Gasteiger partial charge in [0, 0.05) is 25.8 Å². The van der Waals surface area contributed by atoms with E-state index >= 15 is 0 Å². The Morgan fingerprint density at radius 3 is 2.22 bits per heavy atom. The quantitative estimate of drug-likeness (QED) is 0.0901. The predicted molar refractivity (Wildman–Crippen MR) is 289 cm³/mol. The molecule has 2 fully saturated rings. The maximum absolute atomic E-state index is 14.3. The summed E-state index contributed by atoms with van der Waals surface area (Å²) in [5.41, 5.74) is 4.24. The lowest BCUT2D eigenvalue weighted by Crippen LogP contribution is -2.47. The number of ether oxygens (including phenoxy) is 4. The van der Waals surface area contributed by atoms with Gasteiger partial charge in [0.2, 0.25) is 23.1 Å². The van der Waals surface area contributed by atoms with Crippen LogP contribution in [0.1, 0.15) is 92.2 Å². The number of halogens is 6. The first kappa shape index (κ1) is 60.4. The van der Waals surface area contributed by atoms with Crippen LogP contribution in [-0.2, 0) is 30.3 Å². The Kier molecular flexibility index (Phi) is 24.0. The minimum Gasteiger partial charge on any atom is -0.489 e. The van der Waals surface area contributed by atoms with Gasteiger partial charge >= 0.3 is 12.0 Å². The standard InChI is InChI=1S/C17H17ClFNO4.C15H22ClNO2.C11H11Cl2NO2.C8H14ClN5/c1-9(2)15-16(21)20(17(22)24-15)13-8-14(11(18)7-12(13)19)23-10-5-3-4-6-10;1-5-13-8-6-7-11(2)15(13)17(14(18)9-16)12(3)10-19-4;1-7-6-16-9-5-3-2-4-8(9)14(7)11(15)10(12)13;1-4-10-7-12-6(9)13-8(14-7)11-5(2)3/h7-8,10H,3-6H2,1-2H3;6-8,12H,5,9-10H2,1-4H3;2-5,7,10H,6H2,1H3;5H,4H2,1-3H3,(H2,10,11,12,13,14). The smallest absolute Gasteiger partial charge is 0.427 e. The largest absolute Gasteiger partial charge is 0.489 e. The molecule has 16 nitrogen and oxygen atoms in total. The highest BCUT2D eigenvalue weighted by Crippen LogP contribution is 2.38. The van der Waals surface area contributed by atoms with E-state index in [1.54, 1.807) is 30.8 Å². The van der Waals surface area contributed by atoms with Gasteiger partial charge < -0.3 is 39.4 Å². The maximum Gasteiger partial charge on any atom is 0.427 e. The Morgan fingerprint density at radius 1 is 0.959 bits per heavy atom. The molecule has 2 N–H and O–H groups in total. The van der Waals surface area contributed by atoms with Crippen LogP contribution >= 0.6 is 58.0 Å². The fourth-order valence-corrected chi connectivity index (χ4v) is 8.52. The van der Waals surface area contributed by atoms with Crippen molar-refractivity contribution in [2.45, 2.75) is 123 Å². The Balaban J connectivity index is 0.000000216. The molecule has 3 aromatic carbocycles. The number of imide groups is 1. The van der Waals surface area contributed by atoms with Crippen LogP contribution in [0.4, 0.5) is 38.1 Å². The molecule has 4 aromatic rings. The molecular weight excluding hydrogens is 1050 g/mol. The highest BCUT2D eigenvalue weighted by molar-refractivity contribution is 6.54. The zero-order valence-electron chi connectivity index (χ0n) is 42.7. The molecule has 1 aliphatic carbocycles. The third-order valence-corrected chi connectivity index (χ3v) is 12.1. The lowest BCUT2D eigenvalue weighted by Gasteiger charge is -2.35. The van der Waals surface area contributed by atoms with Gasteiger partial charge in [-0.2, -0.15) is 15.0 Å². The van der Waals surface area contributed by atoms with Crippen LogP contribution in [0.25, 0.3) is 0 Å². The van der Waals surface area contributed by atoms with Gasteiger partial charge in [-0.3, -0.25) is 14.4 Å². The van der Waals surface area contributed by atoms with Crippen LogP contribution in [0.15, 0.2) is 65.9 Å². The highest BCUT2D eigenvalue weighted by atomic mass is 35.5. The summed E-state index contributed by atoms with van der Waals surface area (Å²) < 4.78 is 35.7. The summed E-state index contributed by atoms with van der Waals surface area (Å²) in [6, 6.07) is 15.9. The van der Waals surface area contributed by atoms with E-state index in [4.69, 9.17) is 77.0 Å². The van der Waals surface area contributed by atoms with E-state index in [1.807, 2.05) is 77.9 Å². The Morgan fingerprint density at radius 2 is 1.63 bits per heavy atom. The minimum atomic E-state index is -1.05. The van der Waals surface area contributed by atoms with E-state index in [0.717, 1.165) is 67.2 Å². The molecule has 0 bridgehead atoms.